The van der Waals surface area contributed by atoms with Crippen LogP contribution in [0.4, 0.5) is 0 Å². The quantitative estimate of drug-likeness (QED) is 0.473. The molecule has 1 amide bonds. The molecule has 7 nitrogen and oxygen atoms in total. The van der Waals surface area contributed by atoms with E-state index in [2.05, 4.69) is 15.0 Å². The molecule has 10 heteroatoms. The average molecular weight is 466 g/mol. The topological polar surface area (TPSA) is 97.4 Å². The molecule has 3 aromatic rings. The number of hydrogen-bond acceptors (Lipinski definition) is 6. The SMILES string of the molecule is COc1ccc(S(=O)(=O)NCCNC(=O)Cc2csc(-c3ccccc3Cl)n2)cc1. The maximum atomic E-state index is 12.2. The van der Waals surface area contributed by atoms with Crippen LogP contribution in [0.15, 0.2) is 58.8 Å². The highest BCUT2D eigenvalue weighted by atomic mass is 35.5. The van der Waals surface area contributed by atoms with Crippen molar-refractivity contribution in [3.05, 3.63) is 64.6 Å². The van der Waals surface area contributed by atoms with Crippen LogP contribution < -0.4 is 14.8 Å². The van der Waals surface area contributed by atoms with Gasteiger partial charge >= 0.3 is 0 Å². The summed E-state index contributed by atoms with van der Waals surface area (Å²) in [5.74, 6) is 0.329. The lowest BCUT2D eigenvalue weighted by atomic mass is 10.2. The smallest absolute Gasteiger partial charge is 0.240 e. The van der Waals surface area contributed by atoms with Crippen molar-refractivity contribution >= 4 is 38.9 Å². The third-order valence-electron chi connectivity index (χ3n) is 4.11. The Morgan fingerprint density at radius 2 is 1.87 bits per heavy atom. The fourth-order valence-electron chi connectivity index (χ4n) is 2.60. The Morgan fingerprint density at radius 1 is 1.13 bits per heavy atom. The molecular formula is C20H20ClN3O4S2. The van der Waals surface area contributed by atoms with E-state index >= 15 is 0 Å². The molecule has 0 bridgehead atoms. The molecule has 3 rings (SSSR count). The zero-order valence-corrected chi connectivity index (χ0v) is 18.5. The summed E-state index contributed by atoms with van der Waals surface area (Å²) in [6, 6.07) is 13.4. The van der Waals surface area contributed by atoms with Crippen LogP contribution in [0.1, 0.15) is 5.69 Å². The van der Waals surface area contributed by atoms with Crippen molar-refractivity contribution in [1.82, 2.24) is 15.0 Å². The van der Waals surface area contributed by atoms with Crippen LogP contribution in [0.2, 0.25) is 5.02 Å². The standard InChI is InChI=1S/C20H20ClN3O4S2/c1-28-15-6-8-16(9-7-15)30(26,27)23-11-10-22-19(25)12-14-13-29-20(24-14)17-4-2-3-5-18(17)21/h2-9,13,23H,10-12H2,1H3,(H,22,25). The maximum Gasteiger partial charge on any atom is 0.240 e. The van der Waals surface area contributed by atoms with E-state index < -0.39 is 10.0 Å². The number of ether oxygens (including phenoxy) is 1. The minimum Gasteiger partial charge on any atom is -0.497 e. The number of amides is 1. The minimum atomic E-state index is -3.65. The largest absolute Gasteiger partial charge is 0.497 e. The molecule has 0 atom stereocenters. The number of sulfonamides is 1. The molecule has 0 aliphatic heterocycles. The third-order valence-corrected chi connectivity index (χ3v) is 6.84. The van der Waals surface area contributed by atoms with E-state index in [9.17, 15) is 13.2 Å². The van der Waals surface area contributed by atoms with E-state index in [1.807, 2.05) is 23.6 Å². The van der Waals surface area contributed by atoms with Crippen LogP contribution >= 0.6 is 22.9 Å². The second kappa shape index (κ2) is 10.0. The van der Waals surface area contributed by atoms with Gasteiger partial charge in [0.2, 0.25) is 15.9 Å². The van der Waals surface area contributed by atoms with Gasteiger partial charge in [0, 0.05) is 24.0 Å². The molecule has 0 fully saturated rings. The van der Waals surface area contributed by atoms with Crippen molar-refractivity contribution in [3.8, 4) is 16.3 Å². The molecule has 1 aromatic heterocycles. The summed E-state index contributed by atoms with van der Waals surface area (Å²) in [5, 5.41) is 5.85. The van der Waals surface area contributed by atoms with Crippen LogP contribution in [0, 0.1) is 0 Å². The monoisotopic (exact) mass is 465 g/mol. The van der Waals surface area contributed by atoms with Gasteiger partial charge in [-0.3, -0.25) is 4.79 Å². The van der Waals surface area contributed by atoms with E-state index in [0.29, 0.717) is 16.5 Å². The minimum absolute atomic E-state index is 0.0715. The van der Waals surface area contributed by atoms with Gasteiger partial charge in [0.15, 0.2) is 0 Å². The molecule has 0 saturated carbocycles. The van der Waals surface area contributed by atoms with Gasteiger partial charge in [-0.2, -0.15) is 0 Å². The van der Waals surface area contributed by atoms with E-state index in [1.54, 1.807) is 18.2 Å². The summed E-state index contributed by atoms with van der Waals surface area (Å²) in [7, 11) is -2.15. The Morgan fingerprint density at radius 3 is 2.57 bits per heavy atom. The maximum absolute atomic E-state index is 12.2. The number of benzene rings is 2. The molecule has 0 saturated heterocycles. The van der Waals surface area contributed by atoms with Gasteiger partial charge in [-0.05, 0) is 30.3 Å². The number of rotatable bonds is 9. The molecule has 158 valence electrons. The highest BCUT2D eigenvalue weighted by molar-refractivity contribution is 7.89. The van der Waals surface area contributed by atoms with Gasteiger partial charge in [-0.1, -0.05) is 29.8 Å². The molecule has 0 unspecified atom stereocenters. The normalized spacial score (nSPS) is 11.3. The van der Waals surface area contributed by atoms with Crippen molar-refractivity contribution in [3.63, 3.8) is 0 Å². The predicted molar refractivity (Wildman–Crippen MR) is 117 cm³/mol. The Hall–Kier alpha value is -2.46. The fourth-order valence-corrected chi connectivity index (χ4v) is 4.77. The van der Waals surface area contributed by atoms with Crippen molar-refractivity contribution in [2.75, 3.05) is 20.2 Å². The Bertz CT molecular complexity index is 1120. The first-order chi connectivity index (χ1) is 14.4. The van der Waals surface area contributed by atoms with Crippen molar-refractivity contribution in [1.29, 1.82) is 0 Å². The Labute approximate surface area is 184 Å². The van der Waals surface area contributed by atoms with Crippen LogP contribution in [-0.4, -0.2) is 39.5 Å². The molecule has 0 aliphatic carbocycles. The van der Waals surface area contributed by atoms with Crippen LogP contribution in [0.25, 0.3) is 10.6 Å². The first kappa shape index (κ1) is 22.2. The number of carbonyl (C=O) groups excluding carboxylic acids is 1. The van der Waals surface area contributed by atoms with E-state index in [-0.39, 0.29) is 30.3 Å². The lowest BCUT2D eigenvalue weighted by molar-refractivity contribution is -0.120. The molecule has 2 N–H and O–H groups in total. The number of carbonyl (C=O) groups is 1. The lowest BCUT2D eigenvalue weighted by Gasteiger charge is -2.08. The van der Waals surface area contributed by atoms with Crippen molar-refractivity contribution in [2.24, 2.45) is 0 Å². The number of halogens is 1. The molecule has 2 aromatic carbocycles. The summed E-state index contributed by atoms with van der Waals surface area (Å²) in [6.45, 7) is 0.234. The zero-order chi connectivity index (χ0) is 21.6. The van der Waals surface area contributed by atoms with Crippen molar-refractivity contribution < 1.29 is 17.9 Å². The summed E-state index contributed by atoms with van der Waals surface area (Å²) >= 11 is 7.59. The Kier molecular flexibility index (Phi) is 7.43. The first-order valence-corrected chi connectivity index (χ1v) is 11.7. The highest BCUT2D eigenvalue weighted by Gasteiger charge is 2.14. The number of thiazole rings is 1. The third kappa shape index (κ3) is 5.79. The molecule has 30 heavy (non-hydrogen) atoms. The second-order valence-corrected chi connectivity index (χ2v) is 9.26. The summed E-state index contributed by atoms with van der Waals surface area (Å²) in [4.78, 5) is 16.7. The van der Waals surface area contributed by atoms with Gasteiger partial charge in [0.1, 0.15) is 10.8 Å². The van der Waals surface area contributed by atoms with Gasteiger partial charge in [-0.15, -0.1) is 11.3 Å². The fraction of sp³-hybridized carbons (Fsp3) is 0.200. The van der Waals surface area contributed by atoms with Gasteiger partial charge in [-0.25, -0.2) is 18.1 Å². The van der Waals surface area contributed by atoms with Gasteiger partial charge in [0.05, 0.1) is 29.1 Å². The number of nitrogens with zero attached hydrogens (tertiary/aromatic N) is 1. The Balaban J connectivity index is 1.46. The molecule has 0 spiro atoms. The summed E-state index contributed by atoms with van der Waals surface area (Å²) in [5.41, 5.74) is 1.45. The summed E-state index contributed by atoms with van der Waals surface area (Å²) in [6.07, 6.45) is 0.103. The number of hydrogen-bond donors (Lipinski definition) is 2. The number of aromatic nitrogens is 1. The highest BCUT2D eigenvalue weighted by Crippen LogP contribution is 2.30. The van der Waals surface area contributed by atoms with Crippen LogP contribution in [-0.2, 0) is 21.2 Å². The zero-order valence-electron chi connectivity index (χ0n) is 16.1. The van der Waals surface area contributed by atoms with Gasteiger partial charge < -0.3 is 10.1 Å². The number of nitrogens with one attached hydrogen (secondary N) is 2. The summed E-state index contributed by atoms with van der Waals surface area (Å²) < 4.78 is 32.0. The molecule has 0 aliphatic rings. The second-order valence-electron chi connectivity index (χ2n) is 6.22. The first-order valence-electron chi connectivity index (χ1n) is 8.99. The van der Waals surface area contributed by atoms with E-state index in [1.165, 1.54) is 30.6 Å². The molecular weight excluding hydrogens is 446 g/mol. The molecule has 1 heterocycles. The van der Waals surface area contributed by atoms with Crippen molar-refractivity contribution in [2.45, 2.75) is 11.3 Å². The van der Waals surface area contributed by atoms with E-state index in [0.717, 1.165) is 10.6 Å². The predicted octanol–water partition coefficient (Wildman–Crippen LogP) is 3.11. The van der Waals surface area contributed by atoms with Gasteiger partial charge in [0.25, 0.3) is 0 Å². The van der Waals surface area contributed by atoms with E-state index in [4.69, 9.17) is 16.3 Å². The van der Waals surface area contributed by atoms with Crippen LogP contribution in [0.5, 0.6) is 5.75 Å². The number of methoxy groups -OCH3 is 1. The average Bonchev–Trinajstić information content (AvgIpc) is 3.19. The van der Waals surface area contributed by atoms with Crippen LogP contribution in [0.3, 0.4) is 0 Å². The molecule has 0 radical (unpaired) electrons. The lowest BCUT2D eigenvalue weighted by Crippen LogP contribution is -2.35.